The van der Waals surface area contributed by atoms with Gasteiger partial charge >= 0.3 is 170 Å². The molecule has 0 aromatic carbocycles. The minimum absolute atomic E-state index is 0.00459. The molecule has 0 aromatic rings. The molecular weight excluding hydrogens is 439 g/mol. The van der Waals surface area contributed by atoms with Crippen molar-refractivity contribution < 1.29 is 14.6 Å². The van der Waals surface area contributed by atoms with Crippen molar-refractivity contribution in [2.75, 3.05) is 13.2 Å². The van der Waals surface area contributed by atoms with Gasteiger partial charge in [-0.1, -0.05) is 0 Å². The second-order valence-corrected chi connectivity index (χ2v) is 10.5. The molecule has 3 nitrogen and oxygen atoms in total. The van der Waals surface area contributed by atoms with Crippen LogP contribution in [-0.4, -0.2) is 29.7 Å². The van der Waals surface area contributed by atoms with Crippen LogP contribution in [0.25, 0.3) is 0 Å². The van der Waals surface area contributed by atoms with Crippen molar-refractivity contribution in [3.8, 4) is 3.81 Å². The first-order valence-corrected chi connectivity index (χ1v) is 11.5. The van der Waals surface area contributed by atoms with Gasteiger partial charge in [0.2, 0.25) is 0 Å². The van der Waals surface area contributed by atoms with E-state index in [9.17, 15) is 5.11 Å². The minimum atomic E-state index is -0.698. The van der Waals surface area contributed by atoms with Gasteiger partial charge in [0.25, 0.3) is 0 Å². The Labute approximate surface area is 170 Å². The Balaban J connectivity index is 1.47. The summed E-state index contributed by atoms with van der Waals surface area (Å²) >= 11 is 2.16. The molecule has 0 aromatic heterocycles. The molecule has 0 unspecified atom stereocenters. The van der Waals surface area contributed by atoms with E-state index in [1.807, 2.05) is 0 Å². The number of fused-ring (bicyclic) bond motifs is 5. The molecule has 1 spiro atoms. The second kappa shape index (κ2) is 5.82. The summed E-state index contributed by atoms with van der Waals surface area (Å²) in [6.45, 7) is 6.35. The summed E-state index contributed by atoms with van der Waals surface area (Å²) < 4.78 is 15.3. The van der Waals surface area contributed by atoms with E-state index in [0.717, 1.165) is 51.2 Å². The zero-order valence-corrected chi connectivity index (χ0v) is 18.2. The Morgan fingerprint density at radius 3 is 2.54 bits per heavy atom. The van der Waals surface area contributed by atoms with Crippen molar-refractivity contribution >= 4 is 21.9 Å². The zero-order valence-electron chi connectivity index (χ0n) is 16.0. The third kappa shape index (κ3) is 2.23. The maximum absolute atomic E-state index is 11.2. The van der Waals surface area contributed by atoms with Gasteiger partial charge in [-0.3, -0.25) is 0 Å². The monoisotopic (exact) mass is 470 g/mol. The summed E-state index contributed by atoms with van der Waals surface area (Å²) in [6, 6.07) is 0. The third-order valence-electron chi connectivity index (χ3n) is 9.23. The molecule has 1 N–H and O–H groups in total. The molecule has 1 saturated heterocycles. The van der Waals surface area contributed by atoms with Crippen molar-refractivity contribution in [2.45, 2.75) is 76.6 Å². The van der Waals surface area contributed by atoms with Crippen molar-refractivity contribution in [3.63, 3.8) is 0 Å². The van der Waals surface area contributed by atoms with Crippen LogP contribution in [0.1, 0.15) is 65.2 Å². The summed E-state index contributed by atoms with van der Waals surface area (Å²) in [5.74, 6) is 1.76. The summed E-state index contributed by atoms with van der Waals surface area (Å²) in [6.07, 6.45) is 11.3. The number of allylic oxidation sites excluding steroid dienone is 1. The molecule has 0 bridgehead atoms. The molecule has 1 aliphatic heterocycles. The van der Waals surface area contributed by atoms with Gasteiger partial charge in [0.1, 0.15) is 0 Å². The van der Waals surface area contributed by atoms with Crippen molar-refractivity contribution in [3.05, 3.63) is 11.6 Å². The van der Waals surface area contributed by atoms with Gasteiger partial charge in [-0.2, -0.15) is 0 Å². The SMILES string of the molecule is C[C@]12CCC3(CC1=CC[C@@H]1[C@@H]2CC[C@@]2(C)[C@H]1CC[C@@]2(O)C#I)OCCO3. The Kier molecular flexibility index (Phi) is 4.07. The molecule has 4 heteroatoms. The molecule has 4 fully saturated rings. The van der Waals surface area contributed by atoms with Gasteiger partial charge in [0.15, 0.2) is 0 Å². The van der Waals surface area contributed by atoms with Gasteiger partial charge in [-0.25, -0.2) is 0 Å². The molecule has 26 heavy (non-hydrogen) atoms. The van der Waals surface area contributed by atoms with Gasteiger partial charge in [-0.15, -0.1) is 0 Å². The van der Waals surface area contributed by atoms with Crippen LogP contribution in [0.5, 0.6) is 0 Å². The molecule has 5 aliphatic rings. The fraction of sp³-hybridized carbons (Fsp3) is 0.864. The van der Waals surface area contributed by atoms with Gasteiger partial charge in [0.05, 0.1) is 0 Å². The first kappa shape index (κ1) is 18.2. The van der Waals surface area contributed by atoms with E-state index in [-0.39, 0.29) is 11.2 Å². The standard InChI is InChI=1S/C22H31IO3/c1-19-9-10-22(25-11-12-26-22)13-15(19)3-4-16-17(19)5-7-20(2)18(16)6-8-21(20,24)14-23/h3,16-18,24H,4-13H2,1-2H3/t16-,17+,18+,19+,20+,21-/m1/s1. The second-order valence-electron chi connectivity index (χ2n) is 9.99. The average molecular weight is 470 g/mol. The zero-order chi connectivity index (χ0) is 18.2. The normalized spacial score (nSPS) is 52.0. The van der Waals surface area contributed by atoms with Crippen LogP contribution < -0.4 is 0 Å². The third-order valence-corrected chi connectivity index (χ3v) is 10.1. The van der Waals surface area contributed by atoms with E-state index >= 15 is 0 Å². The van der Waals surface area contributed by atoms with Crippen LogP contribution in [0.4, 0.5) is 0 Å². The van der Waals surface area contributed by atoms with E-state index < -0.39 is 5.60 Å². The Morgan fingerprint density at radius 2 is 1.81 bits per heavy atom. The molecule has 0 radical (unpaired) electrons. The first-order chi connectivity index (χ1) is 12.4. The van der Waals surface area contributed by atoms with E-state index in [1.165, 1.54) is 19.3 Å². The Morgan fingerprint density at radius 1 is 1.08 bits per heavy atom. The number of aliphatic hydroxyl groups is 1. The fourth-order valence-electron chi connectivity index (χ4n) is 7.52. The van der Waals surface area contributed by atoms with Crippen LogP contribution in [0.3, 0.4) is 0 Å². The fourth-order valence-corrected chi connectivity index (χ4v) is 8.41. The predicted octanol–water partition coefficient (Wildman–Crippen LogP) is 4.82. The molecule has 0 amide bonds. The number of ether oxygens (including phenoxy) is 2. The number of rotatable bonds is 0. The number of halogens is 1. The molecular formula is C22H31IO3. The summed E-state index contributed by atoms with van der Waals surface area (Å²) in [4.78, 5) is 0. The van der Waals surface area contributed by atoms with E-state index in [1.54, 1.807) is 5.57 Å². The molecule has 6 atom stereocenters. The molecule has 144 valence electrons. The van der Waals surface area contributed by atoms with Gasteiger partial charge in [0, 0.05) is 0 Å². The van der Waals surface area contributed by atoms with Crippen LogP contribution >= 0.6 is 21.9 Å². The van der Waals surface area contributed by atoms with Crippen LogP contribution in [0, 0.1) is 32.4 Å². The Bertz CT molecular complexity index is 690. The van der Waals surface area contributed by atoms with Crippen LogP contribution in [-0.2, 0) is 9.47 Å². The summed E-state index contributed by atoms with van der Waals surface area (Å²) in [7, 11) is 0. The van der Waals surface area contributed by atoms with Gasteiger partial charge in [-0.05, 0) is 0 Å². The topological polar surface area (TPSA) is 38.7 Å². The number of hydrogen-bond donors (Lipinski definition) is 1. The van der Waals surface area contributed by atoms with Gasteiger partial charge < -0.3 is 0 Å². The van der Waals surface area contributed by atoms with E-state index in [4.69, 9.17) is 9.47 Å². The van der Waals surface area contributed by atoms with Crippen LogP contribution in [0.2, 0.25) is 0 Å². The maximum atomic E-state index is 11.2. The predicted molar refractivity (Wildman–Crippen MR) is 109 cm³/mol. The van der Waals surface area contributed by atoms with E-state index in [2.05, 4.69) is 45.6 Å². The first-order valence-electron chi connectivity index (χ1n) is 10.4. The molecule has 4 aliphatic carbocycles. The van der Waals surface area contributed by atoms with Crippen molar-refractivity contribution in [1.82, 2.24) is 0 Å². The molecule has 5 rings (SSSR count). The number of hydrogen-bond acceptors (Lipinski definition) is 3. The Hall–Kier alpha value is 0.130. The quantitative estimate of drug-likeness (QED) is 0.408. The summed E-state index contributed by atoms with van der Waals surface area (Å²) in [5, 5.41) is 11.2. The van der Waals surface area contributed by atoms with E-state index in [0.29, 0.717) is 17.3 Å². The van der Waals surface area contributed by atoms with Crippen molar-refractivity contribution in [1.29, 1.82) is 0 Å². The summed E-state index contributed by atoms with van der Waals surface area (Å²) in [5.41, 5.74) is 1.19. The molecule has 3 saturated carbocycles. The van der Waals surface area contributed by atoms with Crippen LogP contribution in [0.15, 0.2) is 11.6 Å². The average Bonchev–Trinajstić information content (AvgIpc) is 3.19. The van der Waals surface area contributed by atoms with Crippen molar-refractivity contribution in [2.24, 2.45) is 28.6 Å². The molecule has 1 heterocycles.